The average molecular weight is 235 g/mol. The molecule has 1 rings (SSSR count). The predicted molar refractivity (Wildman–Crippen MR) is 63.1 cm³/mol. The van der Waals surface area contributed by atoms with E-state index in [0.717, 1.165) is 6.07 Å². The number of hydrogen-bond donors (Lipinski definition) is 2. The van der Waals surface area contributed by atoms with Crippen LogP contribution in [0.4, 0.5) is 4.39 Å². The van der Waals surface area contributed by atoms with Crippen LogP contribution in [0.1, 0.15) is 30.1 Å². The molecule has 1 atom stereocenters. The highest BCUT2D eigenvalue weighted by molar-refractivity contribution is 5.94. The first kappa shape index (κ1) is 13.0. The highest BCUT2D eigenvalue weighted by Gasteiger charge is 2.15. The fourth-order valence-corrected chi connectivity index (χ4v) is 1.39. The fraction of sp³-hybridized carbons (Fsp3) is 0.308. The molecule has 1 aromatic rings. The fourth-order valence-electron chi connectivity index (χ4n) is 1.39. The van der Waals surface area contributed by atoms with Gasteiger partial charge in [-0.2, -0.15) is 0 Å². The number of nitrogens with one attached hydrogen (secondary N) is 1. The summed E-state index contributed by atoms with van der Waals surface area (Å²) in [7, 11) is 0. The Morgan fingerprint density at radius 1 is 1.65 bits per heavy atom. The molecule has 3 nitrogen and oxygen atoms in total. The molecule has 1 unspecified atom stereocenters. The highest BCUT2D eigenvalue weighted by Crippen LogP contribution is 2.15. The Bertz CT molecular complexity index is 451. The molecule has 4 heteroatoms. The molecule has 17 heavy (non-hydrogen) atoms. The first-order valence-electron chi connectivity index (χ1n) is 5.31. The second-order valence-corrected chi connectivity index (χ2v) is 3.65. The van der Waals surface area contributed by atoms with Gasteiger partial charge in [-0.25, -0.2) is 4.39 Å². The van der Waals surface area contributed by atoms with Crippen molar-refractivity contribution in [3.05, 3.63) is 29.6 Å². The molecule has 90 valence electrons. The summed E-state index contributed by atoms with van der Waals surface area (Å²) < 4.78 is 13.4. The SMILES string of the molecule is C#CCC(CC)NC(=O)c1ccc(O)cc1F. The van der Waals surface area contributed by atoms with Crippen LogP contribution in [0.25, 0.3) is 0 Å². The summed E-state index contributed by atoms with van der Waals surface area (Å²) in [4.78, 5) is 11.7. The molecule has 0 heterocycles. The molecule has 0 fully saturated rings. The Hall–Kier alpha value is -2.02. The number of terminal acetylenes is 1. The number of phenols is 1. The quantitative estimate of drug-likeness (QED) is 0.785. The first-order chi connectivity index (χ1) is 8.08. The molecule has 0 aromatic heterocycles. The minimum absolute atomic E-state index is 0.0988. The lowest BCUT2D eigenvalue weighted by molar-refractivity contribution is 0.0932. The van der Waals surface area contributed by atoms with Gasteiger partial charge in [0.25, 0.3) is 5.91 Å². The third-order valence-electron chi connectivity index (χ3n) is 2.39. The van der Waals surface area contributed by atoms with E-state index in [1.165, 1.54) is 12.1 Å². The first-order valence-corrected chi connectivity index (χ1v) is 5.31. The number of halogens is 1. The number of rotatable bonds is 4. The van der Waals surface area contributed by atoms with Crippen molar-refractivity contribution in [2.75, 3.05) is 0 Å². The summed E-state index contributed by atoms with van der Waals surface area (Å²) in [6, 6.07) is 3.24. The number of benzene rings is 1. The number of phenolic OH excluding ortho intramolecular Hbond substituents is 1. The molecule has 1 amide bonds. The van der Waals surface area contributed by atoms with Gasteiger partial charge >= 0.3 is 0 Å². The molecule has 0 aliphatic carbocycles. The van der Waals surface area contributed by atoms with E-state index in [2.05, 4.69) is 11.2 Å². The Kier molecular flexibility index (Phi) is 4.53. The number of carbonyl (C=O) groups excluding carboxylic acids is 1. The van der Waals surface area contributed by atoms with Crippen LogP contribution in [-0.2, 0) is 0 Å². The van der Waals surface area contributed by atoms with Crippen molar-refractivity contribution in [1.29, 1.82) is 0 Å². The molecular formula is C13H14FNO2. The van der Waals surface area contributed by atoms with E-state index < -0.39 is 11.7 Å². The van der Waals surface area contributed by atoms with Gasteiger partial charge in [0.1, 0.15) is 11.6 Å². The minimum atomic E-state index is -0.752. The summed E-state index contributed by atoms with van der Waals surface area (Å²) in [6.07, 6.45) is 6.24. The molecule has 0 aliphatic rings. The lowest BCUT2D eigenvalue weighted by atomic mass is 10.1. The van der Waals surface area contributed by atoms with Crippen molar-refractivity contribution in [1.82, 2.24) is 5.32 Å². The molecule has 0 bridgehead atoms. The highest BCUT2D eigenvalue weighted by atomic mass is 19.1. The van der Waals surface area contributed by atoms with Gasteiger partial charge in [-0.15, -0.1) is 12.3 Å². The van der Waals surface area contributed by atoms with E-state index in [0.29, 0.717) is 12.8 Å². The minimum Gasteiger partial charge on any atom is -0.508 e. The van der Waals surface area contributed by atoms with Crippen molar-refractivity contribution in [3.8, 4) is 18.1 Å². The van der Waals surface area contributed by atoms with Gasteiger partial charge in [0.2, 0.25) is 0 Å². The van der Waals surface area contributed by atoms with Crippen molar-refractivity contribution in [2.45, 2.75) is 25.8 Å². The van der Waals surface area contributed by atoms with E-state index in [-0.39, 0.29) is 17.4 Å². The van der Waals surface area contributed by atoms with E-state index in [4.69, 9.17) is 11.5 Å². The predicted octanol–water partition coefficient (Wildman–Crippen LogP) is 2.06. The van der Waals surface area contributed by atoms with Gasteiger partial charge in [0, 0.05) is 18.5 Å². The van der Waals surface area contributed by atoms with Crippen LogP contribution in [0.15, 0.2) is 18.2 Å². The van der Waals surface area contributed by atoms with E-state index in [1.54, 1.807) is 0 Å². The molecule has 0 radical (unpaired) electrons. The van der Waals surface area contributed by atoms with Crippen LogP contribution >= 0.6 is 0 Å². The van der Waals surface area contributed by atoms with E-state index in [9.17, 15) is 9.18 Å². The summed E-state index contributed by atoms with van der Waals surface area (Å²) in [5.74, 6) is 0.962. The summed E-state index contributed by atoms with van der Waals surface area (Å²) >= 11 is 0. The van der Waals surface area contributed by atoms with Gasteiger partial charge in [0.05, 0.1) is 5.56 Å². The van der Waals surface area contributed by atoms with Gasteiger partial charge in [-0.05, 0) is 18.6 Å². The third kappa shape index (κ3) is 3.49. The van der Waals surface area contributed by atoms with Gasteiger partial charge < -0.3 is 10.4 Å². The zero-order valence-corrected chi connectivity index (χ0v) is 9.53. The molecule has 2 N–H and O–H groups in total. The normalized spacial score (nSPS) is 11.6. The number of carbonyl (C=O) groups is 1. The van der Waals surface area contributed by atoms with Crippen molar-refractivity contribution < 1.29 is 14.3 Å². The van der Waals surface area contributed by atoms with Gasteiger partial charge in [-0.3, -0.25) is 4.79 Å². The lowest BCUT2D eigenvalue weighted by Crippen LogP contribution is -2.34. The molecule has 0 spiro atoms. The largest absolute Gasteiger partial charge is 0.508 e. The summed E-state index contributed by atoms with van der Waals surface area (Å²) in [6.45, 7) is 1.88. The molecule has 0 saturated carbocycles. The van der Waals surface area contributed by atoms with Crippen LogP contribution in [0.3, 0.4) is 0 Å². The Balaban J connectivity index is 2.79. The lowest BCUT2D eigenvalue weighted by Gasteiger charge is -2.14. The van der Waals surface area contributed by atoms with Crippen LogP contribution in [-0.4, -0.2) is 17.1 Å². The maximum atomic E-state index is 13.4. The Morgan fingerprint density at radius 3 is 2.88 bits per heavy atom. The second kappa shape index (κ2) is 5.90. The Morgan fingerprint density at radius 2 is 2.35 bits per heavy atom. The molecule has 0 aliphatic heterocycles. The van der Waals surface area contributed by atoms with Crippen LogP contribution in [0.2, 0.25) is 0 Å². The number of aromatic hydroxyl groups is 1. The molecule has 1 aromatic carbocycles. The maximum Gasteiger partial charge on any atom is 0.254 e. The number of amides is 1. The molecular weight excluding hydrogens is 221 g/mol. The topological polar surface area (TPSA) is 49.3 Å². The van der Waals surface area contributed by atoms with E-state index in [1.807, 2.05) is 6.92 Å². The number of hydrogen-bond acceptors (Lipinski definition) is 2. The zero-order valence-electron chi connectivity index (χ0n) is 9.53. The average Bonchev–Trinajstić information content (AvgIpc) is 2.28. The molecule has 0 saturated heterocycles. The summed E-state index contributed by atoms with van der Waals surface area (Å²) in [5, 5.41) is 11.7. The summed E-state index contributed by atoms with van der Waals surface area (Å²) in [5.41, 5.74) is -0.0988. The van der Waals surface area contributed by atoms with Crippen LogP contribution < -0.4 is 5.32 Å². The third-order valence-corrected chi connectivity index (χ3v) is 2.39. The van der Waals surface area contributed by atoms with Crippen molar-refractivity contribution in [3.63, 3.8) is 0 Å². The second-order valence-electron chi connectivity index (χ2n) is 3.65. The van der Waals surface area contributed by atoms with E-state index >= 15 is 0 Å². The monoisotopic (exact) mass is 235 g/mol. The zero-order chi connectivity index (χ0) is 12.8. The van der Waals surface area contributed by atoms with Crippen LogP contribution in [0.5, 0.6) is 5.75 Å². The maximum absolute atomic E-state index is 13.4. The van der Waals surface area contributed by atoms with Gasteiger partial charge in [-0.1, -0.05) is 6.92 Å². The van der Waals surface area contributed by atoms with Gasteiger partial charge in [0.15, 0.2) is 0 Å². The standard InChI is InChI=1S/C13H14FNO2/c1-3-5-9(4-2)15-13(17)11-7-6-10(16)8-12(11)14/h1,6-9,16H,4-5H2,2H3,(H,15,17). The Labute approximate surface area is 99.7 Å². The van der Waals surface area contributed by atoms with Crippen LogP contribution in [0, 0.1) is 18.2 Å². The smallest absolute Gasteiger partial charge is 0.254 e. The van der Waals surface area contributed by atoms with Crippen molar-refractivity contribution >= 4 is 5.91 Å². The van der Waals surface area contributed by atoms with Crippen molar-refractivity contribution in [2.24, 2.45) is 0 Å².